The highest BCUT2D eigenvalue weighted by atomic mass is 16.1. The van der Waals surface area contributed by atoms with Gasteiger partial charge in [-0.25, -0.2) is 14.6 Å². The summed E-state index contributed by atoms with van der Waals surface area (Å²) in [5, 5.41) is 7.68. The van der Waals surface area contributed by atoms with E-state index in [0.717, 1.165) is 61.1 Å². The van der Waals surface area contributed by atoms with E-state index < -0.39 is 0 Å². The lowest BCUT2D eigenvalue weighted by atomic mass is 10.1. The smallest absolute Gasteiger partial charge is 0.251 e. The predicted octanol–water partition coefficient (Wildman–Crippen LogP) is 2.38. The third kappa shape index (κ3) is 5.57. The lowest BCUT2D eigenvalue weighted by Gasteiger charge is -2.36. The fraction of sp³-hybridized carbons (Fsp3) is 0.440. The highest BCUT2D eigenvalue weighted by Crippen LogP contribution is 2.18. The summed E-state index contributed by atoms with van der Waals surface area (Å²) in [6, 6.07) is 12.5. The number of aryl methyl sites for hydroxylation is 3. The molecule has 0 saturated carbocycles. The summed E-state index contributed by atoms with van der Waals surface area (Å²) >= 11 is 0. The van der Waals surface area contributed by atoms with Crippen molar-refractivity contribution >= 4 is 11.6 Å². The molecule has 0 radical (unpaired) electrons. The summed E-state index contributed by atoms with van der Waals surface area (Å²) in [6.45, 7) is 13.3. The molecule has 0 bridgehead atoms. The van der Waals surface area contributed by atoms with Crippen LogP contribution in [-0.2, 0) is 11.2 Å². The van der Waals surface area contributed by atoms with Crippen LogP contribution in [0.5, 0.6) is 0 Å². The van der Waals surface area contributed by atoms with Crippen molar-refractivity contribution in [2.75, 3.05) is 44.2 Å². The van der Waals surface area contributed by atoms with Crippen molar-refractivity contribution in [3.05, 3.63) is 64.7 Å². The SMILES string of the molecule is Cc1cc(C)nc(-n2nc(C)c(CC(=O)NCCN3CCN(c4ccccc4)CC3)c2C)n1. The average molecular weight is 448 g/mol. The van der Waals surface area contributed by atoms with E-state index in [4.69, 9.17) is 0 Å². The summed E-state index contributed by atoms with van der Waals surface area (Å²) in [7, 11) is 0. The standard InChI is InChI=1S/C25H33N7O/c1-18-16-19(2)28-25(27-18)32-21(4)23(20(3)29-32)17-24(33)26-10-11-30-12-14-31(15-13-30)22-8-6-5-7-9-22/h5-9,16H,10-15,17H2,1-4H3,(H,26,33). The van der Waals surface area contributed by atoms with Crippen LogP contribution in [0.2, 0.25) is 0 Å². The Morgan fingerprint density at radius 2 is 1.64 bits per heavy atom. The first-order valence-electron chi connectivity index (χ1n) is 11.6. The number of anilines is 1. The Hall–Kier alpha value is -3.26. The van der Waals surface area contributed by atoms with Gasteiger partial charge in [0.25, 0.3) is 5.95 Å². The van der Waals surface area contributed by atoms with Gasteiger partial charge in [-0.3, -0.25) is 9.69 Å². The van der Waals surface area contributed by atoms with Crippen LogP contribution in [0.4, 0.5) is 5.69 Å². The minimum atomic E-state index is 0.0185. The molecule has 8 heteroatoms. The average Bonchev–Trinajstić information content (AvgIpc) is 3.08. The molecule has 1 saturated heterocycles. The van der Waals surface area contributed by atoms with E-state index >= 15 is 0 Å². The zero-order valence-corrected chi connectivity index (χ0v) is 20.0. The van der Waals surface area contributed by atoms with E-state index in [1.54, 1.807) is 4.68 Å². The van der Waals surface area contributed by atoms with Crippen LogP contribution in [0.15, 0.2) is 36.4 Å². The molecule has 1 aliphatic rings. The van der Waals surface area contributed by atoms with Gasteiger partial charge in [0.2, 0.25) is 5.91 Å². The molecule has 1 amide bonds. The molecule has 0 aliphatic carbocycles. The number of carbonyl (C=O) groups is 1. The van der Waals surface area contributed by atoms with E-state index in [-0.39, 0.29) is 5.91 Å². The van der Waals surface area contributed by atoms with Gasteiger partial charge in [0.15, 0.2) is 0 Å². The number of piperazine rings is 1. The Balaban J connectivity index is 1.27. The van der Waals surface area contributed by atoms with Gasteiger partial charge in [-0.05, 0) is 45.9 Å². The maximum atomic E-state index is 12.6. The molecule has 1 aromatic carbocycles. The zero-order valence-electron chi connectivity index (χ0n) is 20.0. The van der Waals surface area contributed by atoms with Gasteiger partial charge in [-0.15, -0.1) is 0 Å². The second kappa shape index (κ2) is 10.1. The number of carbonyl (C=O) groups excluding carboxylic acids is 1. The molecule has 0 atom stereocenters. The minimum absolute atomic E-state index is 0.0185. The molecular weight excluding hydrogens is 414 g/mol. The third-order valence-electron chi connectivity index (χ3n) is 6.18. The molecule has 4 rings (SSSR count). The van der Waals surface area contributed by atoms with Crippen molar-refractivity contribution in [2.45, 2.75) is 34.1 Å². The van der Waals surface area contributed by atoms with Gasteiger partial charge in [-0.1, -0.05) is 18.2 Å². The fourth-order valence-electron chi connectivity index (χ4n) is 4.37. The molecule has 0 unspecified atom stereocenters. The number of benzene rings is 1. The van der Waals surface area contributed by atoms with Crippen LogP contribution < -0.4 is 10.2 Å². The van der Waals surface area contributed by atoms with Gasteiger partial charge in [0, 0.05) is 67.6 Å². The van der Waals surface area contributed by atoms with Gasteiger partial charge < -0.3 is 10.2 Å². The number of aromatic nitrogens is 4. The van der Waals surface area contributed by atoms with Crippen molar-refractivity contribution in [2.24, 2.45) is 0 Å². The molecule has 8 nitrogen and oxygen atoms in total. The van der Waals surface area contributed by atoms with E-state index in [1.165, 1.54) is 5.69 Å². The lowest BCUT2D eigenvalue weighted by Crippen LogP contribution is -2.48. The number of nitrogens with zero attached hydrogens (tertiary/aromatic N) is 6. The number of amides is 1. The van der Waals surface area contributed by atoms with Gasteiger partial charge in [-0.2, -0.15) is 5.10 Å². The van der Waals surface area contributed by atoms with E-state index in [1.807, 2.05) is 39.8 Å². The summed E-state index contributed by atoms with van der Waals surface area (Å²) < 4.78 is 1.74. The van der Waals surface area contributed by atoms with E-state index in [0.29, 0.717) is 18.9 Å². The Kier molecular flexibility index (Phi) is 7.03. The lowest BCUT2D eigenvalue weighted by molar-refractivity contribution is -0.120. The van der Waals surface area contributed by atoms with E-state index in [9.17, 15) is 4.79 Å². The molecule has 33 heavy (non-hydrogen) atoms. The number of hydrogen-bond acceptors (Lipinski definition) is 6. The zero-order chi connectivity index (χ0) is 23.4. The van der Waals surface area contributed by atoms with Crippen LogP contribution in [0.3, 0.4) is 0 Å². The summed E-state index contributed by atoms with van der Waals surface area (Å²) in [5.74, 6) is 0.569. The fourth-order valence-corrected chi connectivity index (χ4v) is 4.37. The Bertz CT molecular complexity index is 1080. The second-order valence-electron chi connectivity index (χ2n) is 8.70. The topological polar surface area (TPSA) is 79.2 Å². The second-order valence-corrected chi connectivity index (χ2v) is 8.70. The van der Waals surface area contributed by atoms with Crippen molar-refractivity contribution in [3.8, 4) is 5.95 Å². The molecule has 3 aromatic rings. The van der Waals surface area contributed by atoms with Gasteiger partial charge in [0.1, 0.15) is 0 Å². The maximum absolute atomic E-state index is 12.6. The predicted molar refractivity (Wildman–Crippen MR) is 130 cm³/mol. The molecule has 2 aromatic heterocycles. The Morgan fingerprint density at radius 3 is 2.30 bits per heavy atom. The number of hydrogen-bond donors (Lipinski definition) is 1. The van der Waals surface area contributed by atoms with E-state index in [2.05, 4.69) is 54.4 Å². The normalized spacial score (nSPS) is 14.5. The largest absolute Gasteiger partial charge is 0.369 e. The highest BCUT2D eigenvalue weighted by molar-refractivity contribution is 5.79. The molecule has 1 N–H and O–H groups in total. The van der Waals surface area contributed by atoms with Crippen LogP contribution in [-0.4, -0.2) is 69.8 Å². The molecular formula is C25H33N7O. The van der Waals surface area contributed by atoms with Gasteiger partial charge >= 0.3 is 0 Å². The van der Waals surface area contributed by atoms with Crippen LogP contribution in [0.25, 0.3) is 5.95 Å². The molecule has 3 heterocycles. The molecule has 0 spiro atoms. The summed E-state index contributed by atoms with van der Waals surface area (Å²) in [4.78, 5) is 26.5. The van der Waals surface area contributed by atoms with Crippen molar-refractivity contribution in [1.29, 1.82) is 0 Å². The first-order valence-corrected chi connectivity index (χ1v) is 11.6. The monoisotopic (exact) mass is 447 g/mol. The van der Waals surface area contributed by atoms with Gasteiger partial charge in [0.05, 0.1) is 12.1 Å². The van der Waals surface area contributed by atoms with Crippen LogP contribution >= 0.6 is 0 Å². The first-order chi connectivity index (χ1) is 15.9. The van der Waals surface area contributed by atoms with Crippen LogP contribution in [0, 0.1) is 27.7 Å². The maximum Gasteiger partial charge on any atom is 0.251 e. The highest BCUT2D eigenvalue weighted by Gasteiger charge is 2.19. The number of nitrogens with one attached hydrogen (secondary N) is 1. The molecule has 1 fully saturated rings. The third-order valence-corrected chi connectivity index (χ3v) is 6.18. The summed E-state index contributed by atoms with van der Waals surface area (Å²) in [6.07, 6.45) is 0.310. The molecule has 1 aliphatic heterocycles. The van der Waals surface area contributed by atoms with Crippen molar-refractivity contribution in [1.82, 2.24) is 30.0 Å². The first kappa shape index (κ1) is 22.9. The Labute approximate surface area is 195 Å². The Morgan fingerprint density at radius 1 is 0.970 bits per heavy atom. The van der Waals surface area contributed by atoms with Crippen molar-refractivity contribution in [3.63, 3.8) is 0 Å². The quantitative estimate of drug-likeness (QED) is 0.599. The minimum Gasteiger partial charge on any atom is -0.369 e. The molecule has 174 valence electrons. The van der Waals surface area contributed by atoms with Crippen LogP contribution in [0.1, 0.15) is 28.3 Å². The number of rotatable bonds is 7. The van der Waals surface area contributed by atoms with Crippen molar-refractivity contribution < 1.29 is 4.79 Å². The summed E-state index contributed by atoms with van der Waals surface area (Å²) in [5.41, 5.74) is 5.75. The number of para-hydroxylation sites is 1.